The van der Waals surface area contributed by atoms with Crippen LogP contribution in [-0.4, -0.2) is 32.0 Å². The maximum atomic E-state index is 10.7. The van der Waals surface area contributed by atoms with Gasteiger partial charge in [-0.25, -0.2) is 4.74 Å². The molecule has 0 amide bonds. The van der Waals surface area contributed by atoms with Gasteiger partial charge in [0.25, 0.3) is 11.4 Å². The largest absolute Gasteiger partial charge is 0.439 e. The van der Waals surface area contributed by atoms with E-state index in [0.717, 1.165) is 0 Å². The summed E-state index contributed by atoms with van der Waals surface area (Å²) >= 11 is 0. The zero-order chi connectivity index (χ0) is 21.7. The summed E-state index contributed by atoms with van der Waals surface area (Å²) in [6, 6.07) is 9.81. The first-order valence-corrected chi connectivity index (χ1v) is 8.61. The number of nitro groups is 2. The number of benzene rings is 2. The van der Waals surface area contributed by atoms with E-state index < -0.39 is 21.8 Å². The Hall–Kier alpha value is -3.28. The van der Waals surface area contributed by atoms with Crippen molar-refractivity contribution in [1.29, 1.82) is 0 Å². The fourth-order valence-electron chi connectivity index (χ4n) is 2.22. The van der Waals surface area contributed by atoms with Crippen molar-refractivity contribution in [3.63, 3.8) is 0 Å². The Morgan fingerprint density at radius 3 is 1.31 bits per heavy atom. The SMILES string of the molecule is CCC(O)(Oc1ccc([N+](=O)[O-])cc1)OC(O)(CC)Oc1ccc([N+](=O)[O-])cc1. The molecule has 2 aromatic rings. The van der Waals surface area contributed by atoms with Crippen LogP contribution in [-0.2, 0) is 4.74 Å². The molecule has 0 aliphatic rings. The van der Waals surface area contributed by atoms with Crippen molar-refractivity contribution in [2.45, 2.75) is 38.6 Å². The minimum Gasteiger partial charge on any atom is -0.439 e. The Balaban J connectivity index is 2.15. The van der Waals surface area contributed by atoms with Crippen LogP contribution in [0.5, 0.6) is 11.5 Å². The Morgan fingerprint density at radius 2 is 1.07 bits per heavy atom. The van der Waals surface area contributed by atoms with Gasteiger partial charge in [-0.15, -0.1) is 0 Å². The predicted molar refractivity (Wildman–Crippen MR) is 99.0 cm³/mol. The molecule has 0 fully saturated rings. The molecular formula is C18H20N2O9. The molecule has 0 saturated heterocycles. The van der Waals surface area contributed by atoms with Crippen LogP contribution in [0, 0.1) is 20.2 Å². The highest BCUT2D eigenvalue weighted by atomic mass is 16.9. The average Bonchev–Trinajstić information content (AvgIpc) is 2.68. The van der Waals surface area contributed by atoms with E-state index in [1.54, 1.807) is 0 Å². The van der Waals surface area contributed by atoms with Gasteiger partial charge in [0.1, 0.15) is 11.5 Å². The summed E-state index contributed by atoms with van der Waals surface area (Å²) in [5, 5.41) is 42.6. The molecule has 0 aliphatic carbocycles. The van der Waals surface area contributed by atoms with Crippen molar-refractivity contribution in [2.24, 2.45) is 0 Å². The quantitative estimate of drug-likeness (QED) is 0.343. The lowest BCUT2D eigenvalue weighted by Crippen LogP contribution is -2.51. The van der Waals surface area contributed by atoms with E-state index in [2.05, 4.69) is 0 Å². The van der Waals surface area contributed by atoms with Crippen LogP contribution in [0.15, 0.2) is 48.5 Å². The first-order valence-electron chi connectivity index (χ1n) is 8.61. The maximum Gasteiger partial charge on any atom is 0.329 e. The Kier molecular flexibility index (Phi) is 6.69. The summed E-state index contributed by atoms with van der Waals surface area (Å²) in [5.74, 6) is -4.51. The third kappa shape index (κ3) is 5.85. The van der Waals surface area contributed by atoms with Gasteiger partial charge in [-0.1, -0.05) is 13.8 Å². The highest BCUT2D eigenvalue weighted by Gasteiger charge is 2.42. The molecule has 2 atom stereocenters. The van der Waals surface area contributed by atoms with Crippen molar-refractivity contribution in [2.75, 3.05) is 0 Å². The Labute approximate surface area is 165 Å². The van der Waals surface area contributed by atoms with Crippen LogP contribution in [0.1, 0.15) is 26.7 Å². The van der Waals surface area contributed by atoms with Gasteiger partial charge in [0.2, 0.25) is 0 Å². The lowest BCUT2D eigenvalue weighted by Gasteiger charge is -2.36. The Morgan fingerprint density at radius 1 is 0.759 bits per heavy atom. The first-order chi connectivity index (χ1) is 13.6. The number of rotatable bonds is 10. The molecular weight excluding hydrogens is 388 g/mol. The summed E-state index contributed by atoms with van der Waals surface area (Å²) < 4.78 is 16.0. The molecule has 2 N–H and O–H groups in total. The molecule has 11 heteroatoms. The van der Waals surface area contributed by atoms with Gasteiger partial charge in [0, 0.05) is 37.1 Å². The van der Waals surface area contributed by atoms with Crippen molar-refractivity contribution in [3.05, 3.63) is 68.8 Å². The van der Waals surface area contributed by atoms with Crippen molar-refractivity contribution >= 4 is 11.4 Å². The molecule has 0 saturated carbocycles. The molecule has 2 unspecified atom stereocenters. The van der Waals surface area contributed by atoms with Crippen LogP contribution in [0.4, 0.5) is 11.4 Å². The molecule has 2 rings (SSSR count). The van der Waals surface area contributed by atoms with Crippen LogP contribution < -0.4 is 9.47 Å². The van der Waals surface area contributed by atoms with Crippen molar-refractivity contribution in [1.82, 2.24) is 0 Å². The van der Waals surface area contributed by atoms with Gasteiger partial charge in [0.15, 0.2) is 0 Å². The summed E-state index contributed by atoms with van der Waals surface area (Å²) in [7, 11) is 0. The third-order valence-electron chi connectivity index (χ3n) is 3.86. The van der Waals surface area contributed by atoms with E-state index in [-0.39, 0.29) is 35.7 Å². The minimum absolute atomic E-state index is 0.0636. The second kappa shape index (κ2) is 8.82. The average molecular weight is 408 g/mol. The van der Waals surface area contributed by atoms with Gasteiger partial charge < -0.3 is 19.7 Å². The predicted octanol–water partition coefficient (Wildman–Crippen LogP) is 3.09. The van der Waals surface area contributed by atoms with Crippen LogP contribution in [0.2, 0.25) is 0 Å². The van der Waals surface area contributed by atoms with E-state index in [9.17, 15) is 30.4 Å². The highest BCUT2D eigenvalue weighted by Crippen LogP contribution is 2.30. The van der Waals surface area contributed by atoms with Gasteiger partial charge in [-0.05, 0) is 24.3 Å². The van der Waals surface area contributed by atoms with Gasteiger partial charge in [-0.3, -0.25) is 20.2 Å². The second-order valence-electron chi connectivity index (χ2n) is 5.94. The number of nitrogens with zero attached hydrogens (tertiary/aromatic N) is 2. The monoisotopic (exact) mass is 408 g/mol. The normalized spacial score (nSPS) is 15.0. The zero-order valence-electron chi connectivity index (χ0n) is 15.7. The second-order valence-corrected chi connectivity index (χ2v) is 5.94. The third-order valence-corrected chi connectivity index (χ3v) is 3.86. The number of ether oxygens (including phenoxy) is 3. The molecule has 0 radical (unpaired) electrons. The molecule has 0 aliphatic heterocycles. The topological polar surface area (TPSA) is 154 Å². The first kappa shape index (κ1) is 22.0. The smallest absolute Gasteiger partial charge is 0.329 e. The summed E-state index contributed by atoms with van der Waals surface area (Å²) in [6.07, 6.45) is -0.258. The molecule has 0 bridgehead atoms. The van der Waals surface area contributed by atoms with Crippen molar-refractivity contribution in [3.8, 4) is 11.5 Å². The van der Waals surface area contributed by atoms with Crippen LogP contribution in [0.25, 0.3) is 0 Å². The molecule has 0 aromatic heterocycles. The fourth-order valence-corrected chi connectivity index (χ4v) is 2.22. The summed E-state index contributed by atoms with van der Waals surface area (Å²) in [4.78, 5) is 20.3. The van der Waals surface area contributed by atoms with E-state index in [1.807, 2.05) is 0 Å². The fraction of sp³-hybridized carbons (Fsp3) is 0.333. The highest BCUT2D eigenvalue weighted by molar-refractivity contribution is 5.37. The van der Waals surface area contributed by atoms with E-state index in [1.165, 1.54) is 62.4 Å². The summed E-state index contributed by atoms with van der Waals surface area (Å²) in [6.45, 7) is 3.04. The van der Waals surface area contributed by atoms with Crippen LogP contribution >= 0.6 is 0 Å². The molecule has 156 valence electrons. The van der Waals surface area contributed by atoms with Gasteiger partial charge in [0.05, 0.1) is 9.85 Å². The van der Waals surface area contributed by atoms with E-state index in [4.69, 9.17) is 14.2 Å². The lowest BCUT2D eigenvalue weighted by molar-refractivity contribution is -0.453. The lowest BCUT2D eigenvalue weighted by atomic mass is 10.3. The zero-order valence-corrected chi connectivity index (χ0v) is 15.7. The maximum absolute atomic E-state index is 10.7. The van der Waals surface area contributed by atoms with E-state index in [0.29, 0.717) is 0 Å². The number of hydrogen-bond acceptors (Lipinski definition) is 9. The van der Waals surface area contributed by atoms with Crippen molar-refractivity contribution < 1.29 is 34.3 Å². The molecule has 29 heavy (non-hydrogen) atoms. The van der Waals surface area contributed by atoms with Gasteiger partial charge >= 0.3 is 11.9 Å². The van der Waals surface area contributed by atoms with E-state index >= 15 is 0 Å². The number of hydrogen-bond donors (Lipinski definition) is 2. The molecule has 11 nitrogen and oxygen atoms in total. The molecule has 0 spiro atoms. The summed E-state index contributed by atoms with van der Waals surface area (Å²) in [5.41, 5.74) is -0.324. The molecule has 0 heterocycles. The minimum atomic E-state index is -2.32. The van der Waals surface area contributed by atoms with Gasteiger partial charge in [-0.2, -0.15) is 0 Å². The molecule has 2 aromatic carbocycles. The number of aliphatic hydroxyl groups is 2. The Bertz CT molecular complexity index is 785. The van der Waals surface area contributed by atoms with Crippen LogP contribution in [0.3, 0.4) is 0 Å². The number of nitro benzene ring substituents is 2. The standard InChI is InChI=1S/C18H20N2O9/c1-3-17(21,27-15-9-5-13(6-10-15)19(23)24)29-18(22,4-2)28-16-11-7-14(8-12-16)20(25)26/h5-12,21-22H,3-4H2,1-2H3. The number of non-ortho nitro benzene ring substituents is 2.